The van der Waals surface area contributed by atoms with Crippen LogP contribution in [0.3, 0.4) is 0 Å². The van der Waals surface area contributed by atoms with Crippen molar-refractivity contribution in [3.05, 3.63) is 70.8 Å². The van der Waals surface area contributed by atoms with Crippen LogP contribution in [0.4, 0.5) is 0 Å². The summed E-state index contributed by atoms with van der Waals surface area (Å²) in [7, 11) is 0. The topological polar surface area (TPSA) is 102 Å². The Kier molecular flexibility index (Phi) is 5.40. The second-order valence-electron chi connectivity index (χ2n) is 9.00. The van der Waals surface area contributed by atoms with Crippen LogP contribution in [0.2, 0.25) is 0 Å². The van der Waals surface area contributed by atoms with E-state index in [1.807, 2.05) is 62.4 Å². The van der Waals surface area contributed by atoms with Crippen LogP contribution in [0.5, 0.6) is 0 Å². The number of cyclic esters (lactones) is 2. The Labute approximate surface area is 192 Å². The van der Waals surface area contributed by atoms with E-state index in [1.54, 1.807) is 0 Å². The molecular formula is C26H28O7. The molecule has 2 bridgehead atoms. The molecule has 1 aliphatic heterocycles. The Morgan fingerprint density at radius 1 is 0.758 bits per heavy atom. The highest BCUT2D eigenvalue weighted by molar-refractivity contribution is 6.01. The Morgan fingerprint density at radius 2 is 1.09 bits per heavy atom. The van der Waals surface area contributed by atoms with E-state index >= 15 is 0 Å². The van der Waals surface area contributed by atoms with Crippen molar-refractivity contribution in [2.45, 2.75) is 50.1 Å². The molecule has 1 fully saturated rings. The van der Waals surface area contributed by atoms with Gasteiger partial charge in [-0.25, -0.2) is 0 Å². The van der Waals surface area contributed by atoms with Crippen molar-refractivity contribution >= 4 is 11.9 Å². The second-order valence-corrected chi connectivity index (χ2v) is 9.00. The largest absolute Gasteiger partial charge is 0.392 e. The molecular weight excluding hydrogens is 424 g/mol. The van der Waals surface area contributed by atoms with Crippen molar-refractivity contribution < 1.29 is 34.0 Å². The summed E-state index contributed by atoms with van der Waals surface area (Å²) in [6.07, 6.45) is -0.484. The zero-order chi connectivity index (χ0) is 23.4. The Bertz CT molecular complexity index is 962. The van der Waals surface area contributed by atoms with Gasteiger partial charge in [-0.2, -0.15) is 0 Å². The van der Waals surface area contributed by atoms with Crippen molar-refractivity contribution in [1.82, 2.24) is 0 Å². The van der Waals surface area contributed by atoms with Crippen LogP contribution < -0.4 is 0 Å². The number of carbonyl (C=O) groups is 2. The SMILES string of the molecule is CCC(O)COC12c3ccccc3C(OCC(O)CC)(c3ccccc31)C1C(=O)OC(=O)C12. The highest BCUT2D eigenvalue weighted by atomic mass is 16.6. The summed E-state index contributed by atoms with van der Waals surface area (Å²) >= 11 is 0. The van der Waals surface area contributed by atoms with Gasteiger partial charge in [0.25, 0.3) is 0 Å². The van der Waals surface area contributed by atoms with E-state index in [2.05, 4.69) is 0 Å². The van der Waals surface area contributed by atoms with E-state index in [1.165, 1.54) is 0 Å². The van der Waals surface area contributed by atoms with E-state index < -0.39 is 47.2 Å². The molecule has 1 heterocycles. The molecule has 4 atom stereocenters. The highest BCUT2D eigenvalue weighted by Crippen LogP contribution is 2.67. The van der Waals surface area contributed by atoms with Crippen molar-refractivity contribution in [2.75, 3.05) is 13.2 Å². The van der Waals surface area contributed by atoms with Gasteiger partial charge in [0.2, 0.25) is 0 Å². The monoisotopic (exact) mass is 452 g/mol. The first-order valence-electron chi connectivity index (χ1n) is 11.5. The van der Waals surface area contributed by atoms with E-state index in [-0.39, 0.29) is 13.2 Å². The number of hydrogen-bond acceptors (Lipinski definition) is 7. The van der Waals surface area contributed by atoms with Gasteiger partial charge in [-0.3, -0.25) is 9.59 Å². The van der Waals surface area contributed by atoms with Gasteiger partial charge in [-0.15, -0.1) is 0 Å². The van der Waals surface area contributed by atoms with Crippen molar-refractivity contribution in [2.24, 2.45) is 11.8 Å². The van der Waals surface area contributed by atoms with Gasteiger partial charge >= 0.3 is 11.9 Å². The normalized spacial score (nSPS) is 30.9. The summed E-state index contributed by atoms with van der Waals surface area (Å²) in [5.74, 6) is -3.27. The van der Waals surface area contributed by atoms with Gasteiger partial charge in [-0.1, -0.05) is 62.4 Å². The van der Waals surface area contributed by atoms with Crippen LogP contribution in [0, 0.1) is 11.8 Å². The number of aliphatic hydroxyl groups excluding tert-OH is 2. The Hall–Kier alpha value is -2.58. The predicted octanol–water partition coefficient (Wildman–Crippen LogP) is 2.39. The van der Waals surface area contributed by atoms with Crippen LogP contribution in [0.1, 0.15) is 48.9 Å². The fourth-order valence-corrected chi connectivity index (χ4v) is 5.70. The minimum atomic E-state index is -1.30. The van der Waals surface area contributed by atoms with Gasteiger partial charge in [0.1, 0.15) is 23.0 Å². The maximum absolute atomic E-state index is 13.2. The van der Waals surface area contributed by atoms with Gasteiger partial charge in [0, 0.05) is 0 Å². The molecule has 0 saturated carbocycles. The zero-order valence-corrected chi connectivity index (χ0v) is 18.7. The number of aliphatic hydroxyl groups is 2. The minimum absolute atomic E-state index is 0.00767. The number of esters is 2. The lowest BCUT2D eigenvalue weighted by Crippen LogP contribution is -2.63. The molecule has 0 spiro atoms. The molecule has 174 valence electrons. The summed E-state index contributed by atoms with van der Waals surface area (Å²) in [4.78, 5) is 26.4. The van der Waals surface area contributed by atoms with Gasteiger partial charge < -0.3 is 24.4 Å². The van der Waals surface area contributed by atoms with E-state index in [9.17, 15) is 19.8 Å². The average molecular weight is 453 g/mol. The molecule has 6 rings (SSSR count). The van der Waals surface area contributed by atoms with Gasteiger partial charge in [0.05, 0.1) is 25.4 Å². The number of benzene rings is 2. The summed E-state index contributed by atoms with van der Waals surface area (Å²) in [6.45, 7) is 3.69. The average Bonchev–Trinajstić information content (AvgIpc) is 3.16. The molecule has 2 aromatic rings. The maximum atomic E-state index is 13.2. The molecule has 7 nitrogen and oxygen atoms in total. The molecule has 4 unspecified atom stereocenters. The summed E-state index contributed by atoms with van der Waals surface area (Å²) in [5, 5.41) is 20.7. The molecule has 0 amide bonds. The standard InChI is InChI=1S/C26H28O7/c1-3-15(27)13-31-25-17-9-5-7-11-19(17)26(32-14-16(28)4-2,20-12-8-6-10-18(20)25)22-21(25)23(29)33-24(22)30/h5-12,15-16,21-22,27-28H,3-4,13-14H2,1-2H3. The van der Waals surface area contributed by atoms with Crippen molar-refractivity contribution in [1.29, 1.82) is 0 Å². The van der Waals surface area contributed by atoms with Crippen LogP contribution in [0.15, 0.2) is 48.5 Å². The molecule has 4 aliphatic rings. The molecule has 2 N–H and O–H groups in total. The fraction of sp³-hybridized carbons (Fsp3) is 0.462. The lowest BCUT2D eigenvalue weighted by molar-refractivity contribution is -0.187. The maximum Gasteiger partial charge on any atom is 0.321 e. The number of ether oxygens (including phenoxy) is 3. The summed E-state index contributed by atoms with van der Waals surface area (Å²) in [5.41, 5.74) is 0.255. The van der Waals surface area contributed by atoms with E-state index in [4.69, 9.17) is 14.2 Å². The second kappa shape index (κ2) is 8.02. The van der Waals surface area contributed by atoms with Gasteiger partial charge in [-0.05, 0) is 35.1 Å². The van der Waals surface area contributed by atoms with Crippen LogP contribution in [0.25, 0.3) is 0 Å². The summed E-state index contributed by atoms with van der Waals surface area (Å²) in [6, 6.07) is 14.9. The Balaban J connectivity index is 1.81. The molecule has 33 heavy (non-hydrogen) atoms. The number of hydrogen-bond donors (Lipinski definition) is 2. The molecule has 2 aromatic carbocycles. The highest BCUT2D eigenvalue weighted by Gasteiger charge is 2.75. The van der Waals surface area contributed by atoms with Crippen LogP contribution in [-0.4, -0.2) is 47.6 Å². The van der Waals surface area contributed by atoms with E-state index in [0.29, 0.717) is 35.1 Å². The first kappa shape index (κ1) is 22.2. The molecule has 1 saturated heterocycles. The summed E-state index contributed by atoms with van der Waals surface area (Å²) < 4.78 is 18.2. The molecule has 0 aromatic heterocycles. The number of carbonyl (C=O) groups excluding carboxylic acids is 2. The third kappa shape index (κ3) is 2.89. The quantitative estimate of drug-likeness (QED) is 0.468. The minimum Gasteiger partial charge on any atom is -0.392 e. The van der Waals surface area contributed by atoms with Gasteiger partial charge in [0.15, 0.2) is 0 Å². The fourth-order valence-electron chi connectivity index (χ4n) is 5.70. The smallest absolute Gasteiger partial charge is 0.321 e. The predicted molar refractivity (Wildman–Crippen MR) is 117 cm³/mol. The van der Waals surface area contributed by atoms with Crippen molar-refractivity contribution in [3.8, 4) is 0 Å². The number of rotatable bonds is 8. The van der Waals surface area contributed by atoms with Crippen molar-refractivity contribution in [3.63, 3.8) is 0 Å². The molecule has 7 heteroatoms. The first-order valence-corrected chi connectivity index (χ1v) is 11.5. The molecule has 0 radical (unpaired) electrons. The molecule has 3 aliphatic carbocycles. The Morgan fingerprint density at radius 3 is 1.39 bits per heavy atom. The lowest BCUT2D eigenvalue weighted by Gasteiger charge is -2.58. The lowest BCUT2D eigenvalue weighted by atomic mass is 9.50. The van der Waals surface area contributed by atoms with E-state index in [0.717, 1.165) is 0 Å². The first-order chi connectivity index (χ1) is 15.9. The third-order valence-electron chi connectivity index (χ3n) is 7.32. The third-order valence-corrected chi connectivity index (χ3v) is 7.32. The zero-order valence-electron chi connectivity index (χ0n) is 18.7. The van der Waals surface area contributed by atoms with Crippen LogP contribution in [-0.2, 0) is 35.0 Å². The van der Waals surface area contributed by atoms with Crippen LogP contribution >= 0.6 is 0 Å².